The Balaban J connectivity index is 1.75. The molecule has 7 nitrogen and oxygen atoms in total. The van der Waals surface area contributed by atoms with Crippen molar-refractivity contribution >= 4 is 29.9 Å². The monoisotopic (exact) mass is 392 g/mol. The van der Waals surface area contributed by atoms with E-state index < -0.39 is 17.6 Å². The van der Waals surface area contributed by atoms with Crippen molar-refractivity contribution in [1.29, 1.82) is 0 Å². The molecule has 2 N–H and O–H groups in total. The third-order valence-electron chi connectivity index (χ3n) is 3.22. The number of thioether (sulfide) groups is 1. The molecule has 0 aliphatic carbocycles. The van der Waals surface area contributed by atoms with Crippen LogP contribution >= 0.6 is 11.8 Å². The second-order valence-electron chi connectivity index (χ2n) is 5.13. The van der Waals surface area contributed by atoms with E-state index in [1.54, 1.807) is 18.2 Å². The highest BCUT2D eigenvalue weighted by molar-refractivity contribution is 8.00. The quantitative estimate of drug-likeness (QED) is 0.405. The molecule has 0 fully saturated rings. The maximum Gasteiger partial charge on any atom is 0.276 e. The van der Waals surface area contributed by atoms with E-state index in [2.05, 4.69) is 10.9 Å². The Labute approximate surface area is 159 Å². The summed E-state index contributed by atoms with van der Waals surface area (Å²) in [6.07, 6.45) is 0.661. The number of ether oxygens (including phenoxy) is 2. The summed E-state index contributed by atoms with van der Waals surface area (Å²) >= 11 is 1.01. The zero-order valence-electron chi connectivity index (χ0n) is 14.4. The minimum atomic E-state index is -0.597. The average molecular weight is 392 g/mol. The van der Waals surface area contributed by atoms with E-state index in [4.69, 9.17) is 9.47 Å². The molecule has 2 rings (SSSR count). The largest absolute Gasteiger partial charge is 0.493 e. The van der Waals surface area contributed by atoms with Crippen molar-refractivity contribution < 1.29 is 28.2 Å². The number of halogens is 1. The number of carbonyl (C=O) groups is 3. The molecule has 0 atom stereocenters. The molecule has 2 aromatic rings. The van der Waals surface area contributed by atoms with Crippen LogP contribution in [0.15, 0.2) is 47.4 Å². The summed E-state index contributed by atoms with van der Waals surface area (Å²) in [4.78, 5) is 34.6. The predicted octanol–water partition coefficient (Wildman–Crippen LogP) is 1.97. The number of rotatable bonds is 8. The fourth-order valence-corrected chi connectivity index (χ4v) is 2.68. The molecule has 27 heavy (non-hydrogen) atoms. The highest BCUT2D eigenvalue weighted by atomic mass is 32.2. The standard InChI is InChI=1S/C18H17FN2O5S/c1-25-15-8-12(9-22)6-7-14(15)26-10-17(23)20-21-18(24)11-27-16-5-3-2-4-13(16)19/h2-9H,10-11H2,1H3,(H,20,23)(H,21,24). The summed E-state index contributed by atoms with van der Waals surface area (Å²) in [5.41, 5.74) is 4.82. The van der Waals surface area contributed by atoms with Gasteiger partial charge in [0.15, 0.2) is 18.1 Å². The van der Waals surface area contributed by atoms with Crippen molar-refractivity contribution in [3.05, 3.63) is 53.8 Å². The van der Waals surface area contributed by atoms with Gasteiger partial charge in [0.1, 0.15) is 12.1 Å². The topological polar surface area (TPSA) is 93.7 Å². The summed E-state index contributed by atoms with van der Waals surface area (Å²) in [5.74, 6) is -0.992. The van der Waals surface area contributed by atoms with E-state index in [-0.39, 0.29) is 18.1 Å². The second kappa shape index (κ2) is 10.2. The van der Waals surface area contributed by atoms with Crippen LogP contribution in [0.25, 0.3) is 0 Å². The summed E-state index contributed by atoms with van der Waals surface area (Å²) < 4.78 is 23.8. The summed E-state index contributed by atoms with van der Waals surface area (Å²) in [7, 11) is 1.41. The highest BCUT2D eigenvalue weighted by Crippen LogP contribution is 2.27. The minimum absolute atomic E-state index is 0.0664. The first-order chi connectivity index (χ1) is 13.0. The van der Waals surface area contributed by atoms with E-state index in [9.17, 15) is 18.8 Å². The lowest BCUT2D eigenvalue weighted by molar-refractivity contribution is -0.128. The van der Waals surface area contributed by atoms with Crippen LogP contribution in [0, 0.1) is 5.82 Å². The van der Waals surface area contributed by atoms with Crippen molar-refractivity contribution in [1.82, 2.24) is 10.9 Å². The number of benzene rings is 2. The minimum Gasteiger partial charge on any atom is -0.493 e. The maximum atomic E-state index is 13.5. The molecule has 0 saturated carbocycles. The summed E-state index contributed by atoms with van der Waals surface area (Å²) in [6, 6.07) is 10.6. The lowest BCUT2D eigenvalue weighted by Crippen LogP contribution is -2.44. The molecule has 0 unspecified atom stereocenters. The number of methoxy groups -OCH3 is 1. The molecule has 2 aromatic carbocycles. The maximum absolute atomic E-state index is 13.5. The van der Waals surface area contributed by atoms with Gasteiger partial charge in [0.05, 0.1) is 12.9 Å². The summed E-state index contributed by atoms with van der Waals surface area (Å²) in [5, 5.41) is 0. The Morgan fingerprint density at radius 1 is 1.11 bits per heavy atom. The van der Waals surface area contributed by atoms with E-state index in [1.165, 1.54) is 31.4 Å². The Bertz CT molecular complexity index is 831. The van der Waals surface area contributed by atoms with E-state index in [0.717, 1.165) is 11.8 Å². The van der Waals surface area contributed by atoms with Gasteiger partial charge in [0.2, 0.25) is 5.91 Å². The molecule has 0 saturated heterocycles. The smallest absolute Gasteiger partial charge is 0.276 e. The highest BCUT2D eigenvalue weighted by Gasteiger charge is 2.10. The molecule has 0 bridgehead atoms. The number of hydrogen-bond donors (Lipinski definition) is 2. The number of carbonyl (C=O) groups excluding carboxylic acids is 3. The molecule has 9 heteroatoms. The van der Waals surface area contributed by atoms with Crippen LogP contribution in [-0.2, 0) is 9.59 Å². The van der Waals surface area contributed by atoms with Crippen LogP contribution in [0.1, 0.15) is 10.4 Å². The zero-order valence-corrected chi connectivity index (χ0v) is 15.2. The van der Waals surface area contributed by atoms with Crippen molar-refractivity contribution in [3.63, 3.8) is 0 Å². The molecular weight excluding hydrogens is 375 g/mol. The van der Waals surface area contributed by atoms with Crippen LogP contribution in [0.2, 0.25) is 0 Å². The van der Waals surface area contributed by atoms with Gasteiger partial charge < -0.3 is 9.47 Å². The number of nitrogens with one attached hydrogen (secondary N) is 2. The van der Waals surface area contributed by atoms with Crippen molar-refractivity contribution in [3.8, 4) is 11.5 Å². The third-order valence-corrected chi connectivity index (χ3v) is 4.27. The number of amides is 2. The molecular formula is C18H17FN2O5S. The molecule has 0 spiro atoms. The molecule has 0 radical (unpaired) electrons. The van der Waals surface area contributed by atoms with Gasteiger partial charge in [0, 0.05) is 10.5 Å². The lowest BCUT2D eigenvalue weighted by Gasteiger charge is -2.11. The first-order valence-corrected chi connectivity index (χ1v) is 8.73. The van der Waals surface area contributed by atoms with Gasteiger partial charge in [-0.05, 0) is 30.3 Å². The van der Waals surface area contributed by atoms with Gasteiger partial charge in [-0.2, -0.15) is 0 Å². The van der Waals surface area contributed by atoms with E-state index in [0.29, 0.717) is 22.5 Å². The van der Waals surface area contributed by atoms with E-state index in [1.807, 2.05) is 0 Å². The number of hydrogen-bond acceptors (Lipinski definition) is 6. The van der Waals surface area contributed by atoms with Crippen LogP contribution < -0.4 is 20.3 Å². The van der Waals surface area contributed by atoms with Crippen LogP contribution in [0.4, 0.5) is 4.39 Å². The lowest BCUT2D eigenvalue weighted by atomic mass is 10.2. The Kier molecular flexibility index (Phi) is 7.63. The first-order valence-electron chi connectivity index (χ1n) is 7.74. The predicted molar refractivity (Wildman–Crippen MR) is 97.3 cm³/mol. The summed E-state index contributed by atoms with van der Waals surface area (Å²) in [6.45, 7) is -0.377. The van der Waals surface area contributed by atoms with Crippen LogP contribution in [0.5, 0.6) is 11.5 Å². The van der Waals surface area contributed by atoms with E-state index >= 15 is 0 Å². The fraction of sp³-hybridized carbons (Fsp3) is 0.167. The normalized spacial score (nSPS) is 10.0. The molecule has 142 valence electrons. The van der Waals surface area contributed by atoms with Crippen molar-refractivity contribution in [2.75, 3.05) is 19.5 Å². The first kappa shape index (κ1) is 20.2. The van der Waals surface area contributed by atoms with Gasteiger partial charge in [-0.15, -0.1) is 11.8 Å². The van der Waals surface area contributed by atoms with Crippen molar-refractivity contribution in [2.24, 2.45) is 0 Å². The van der Waals surface area contributed by atoms with Gasteiger partial charge in [-0.3, -0.25) is 25.2 Å². The molecule has 0 aliphatic rings. The van der Waals surface area contributed by atoms with Crippen LogP contribution in [0.3, 0.4) is 0 Å². The average Bonchev–Trinajstić information content (AvgIpc) is 2.69. The van der Waals surface area contributed by atoms with Gasteiger partial charge >= 0.3 is 0 Å². The Morgan fingerprint density at radius 3 is 2.56 bits per heavy atom. The fourth-order valence-electron chi connectivity index (χ4n) is 1.94. The molecule has 2 amide bonds. The van der Waals surface area contributed by atoms with Gasteiger partial charge in [0.25, 0.3) is 5.91 Å². The van der Waals surface area contributed by atoms with Crippen LogP contribution in [-0.4, -0.2) is 37.6 Å². The van der Waals surface area contributed by atoms with Gasteiger partial charge in [-0.1, -0.05) is 12.1 Å². The molecule has 0 aliphatic heterocycles. The number of hydrazine groups is 1. The SMILES string of the molecule is COc1cc(C=O)ccc1OCC(=O)NNC(=O)CSc1ccccc1F. The number of aldehydes is 1. The molecule has 0 aromatic heterocycles. The third kappa shape index (κ3) is 6.30. The Hall–Kier alpha value is -3.07. The zero-order chi connectivity index (χ0) is 19.6. The Morgan fingerprint density at radius 2 is 1.85 bits per heavy atom. The second-order valence-corrected chi connectivity index (χ2v) is 6.15. The van der Waals surface area contributed by atoms with Crippen molar-refractivity contribution in [2.45, 2.75) is 4.90 Å². The molecule has 0 heterocycles. The van der Waals surface area contributed by atoms with Gasteiger partial charge in [-0.25, -0.2) is 4.39 Å².